The van der Waals surface area contributed by atoms with E-state index in [4.69, 9.17) is 10.5 Å². The first kappa shape index (κ1) is 21.0. The minimum atomic E-state index is -0.991. The number of ether oxygens (including phenoxy) is 1. The highest BCUT2D eigenvalue weighted by Crippen LogP contribution is 2.36. The maximum atomic E-state index is 14.3. The standard InChI is InChI=1S/C22H24F2N6O/c1-13(25)5-9-31-19-11-15(10-17(23)20(19)24)30-8-4-18-16(14(30)2)12-28-22(29-18)21-26-6-3-7-27-21/h3,6-7,10-14H,4-5,8-9,25H2,1-2H3. The van der Waals surface area contributed by atoms with Crippen molar-refractivity contribution in [1.29, 1.82) is 0 Å². The maximum absolute atomic E-state index is 14.3. The molecule has 0 fully saturated rings. The highest BCUT2D eigenvalue weighted by Gasteiger charge is 2.28. The predicted molar refractivity (Wildman–Crippen MR) is 113 cm³/mol. The average Bonchev–Trinajstić information content (AvgIpc) is 2.77. The Bertz CT molecular complexity index is 1060. The summed E-state index contributed by atoms with van der Waals surface area (Å²) in [5.41, 5.74) is 8.08. The molecule has 2 unspecified atom stereocenters. The fourth-order valence-corrected chi connectivity index (χ4v) is 3.61. The van der Waals surface area contributed by atoms with Gasteiger partial charge in [0.15, 0.2) is 23.2 Å². The van der Waals surface area contributed by atoms with Crippen LogP contribution in [0.2, 0.25) is 0 Å². The molecule has 2 N–H and O–H groups in total. The number of fused-ring (bicyclic) bond motifs is 1. The van der Waals surface area contributed by atoms with E-state index in [-0.39, 0.29) is 24.4 Å². The van der Waals surface area contributed by atoms with Gasteiger partial charge >= 0.3 is 0 Å². The summed E-state index contributed by atoms with van der Waals surface area (Å²) in [6, 6.07) is 4.26. The zero-order valence-corrected chi connectivity index (χ0v) is 17.4. The third-order valence-corrected chi connectivity index (χ3v) is 5.31. The van der Waals surface area contributed by atoms with Crippen molar-refractivity contribution in [2.45, 2.75) is 38.8 Å². The van der Waals surface area contributed by atoms with Crippen LogP contribution in [-0.4, -0.2) is 39.1 Å². The summed E-state index contributed by atoms with van der Waals surface area (Å²) in [6.45, 7) is 4.62. The summed E-state index contributed by atoms with van der Waals surface area (Å²) in [4.78, 5) is 19.4. The lowest BCUT2D eigenvalue weighted by atomic mass is 9.98. The van der Waals surface area contributed by atoms with Crippen LogP contribution in [0.1, 0.15) is 37.6 Å². The molecule has 0 spiro atoms. The van der Waals surface area contributed by atoms with Crippen LogP contribution >= 0.6 is 0 Å². The molecule has 0 radical (unpaired) electrons. The van der Waals surface area contributed by atoms with Gasteiger partial charge in [0.1, 0.15) is 0 Å². The number of rotatable bonds is 6. The van der Waals surface area contributed by atoms with Crippen molar-refractivity contribution in [3.8, 4) is 17.4 Å². The SMILES string of the molecule is CC(N)CCOc1cc(N2CCc3nc(-c4ncccn4)ncc3C2C)cc(F)c1F. The van der Waals surface area contributed by atoms with E-state index in [1.54, 1.807) is 24.7 Å². The Labute approximate surface area is 179 Å². The molecule has 4 rings (SSSR count). The van der Waals surface area contributed by atoms with Crippen LogP contribution < -0.4 is 15.4 Å². The molecule has 1 aliphatic heterocycles. The monoisotopic (exact) mass is 426 g/mol. The number of anilines is 1. The molecule has 0 bridgehead atoms. The van der Waals surface area contributed by atoms with Crippen LogP contribution in [0.25, 0.3) is 11.6 Å². The largest absolute Gasteiger partial charge is 0.490 e. The Balaban J connectivity index is 1.59. The van der Waals surface area contributed by atoms with Crippen molar-refractivity contribution >= 4 is 5.69 Å². The van der Waals surface area contributed by atoms with E-state index >= 15 is 0 Å². The van der Waals surface area contributed by atoms with Crippen LogP contribution in [0, 0.1) is 11.6 Å². The van der Waals surface area contributed by atoms with Gasteiger partial charge < -0.3 is 15.4 Å². The van der Waals surface area contributed by atoms with Gasteiger partial charge in [0.2, 0.25) is 5.82 Å². The summed E-state index contributed by atoms with van der Waals surface area (Å²) < 4.78 is 34.0. The number of aromatic nitrogens is 4. The predicted octanol–water partition coefficient (Wildman–Crippen LogP) is 3.45. The summed E-state index contributed by atoms with van der Waals surface area (Å²) in [7, 11) is 0. The molecule has 2 aromatic heterocycles. The maximum Gasteiger partial charge on any atom is 0.200 e. The Kier molecular flexibility index (Phi) is 6.03. The van der Waals surface area contributed by atoms with Crippen LogP contribution in [0.4, 0.5) is 14.5 Å². The van der Waals surface area contributed by atoms with E-state index in [0.717, 1.165) is 11.3 Å². The Morgan fingerprint density at radius 2 is 1.97 bits per heavy atom. The molecule has 0 aliphatic carbocycles. The lowest BCUT2D eigenvalue weighted by Gasteiger charge is -2.36. The molecule has 3 heterocycles. The molecule has 2 atom stereocenters. The van der Waals surface area contributed by atoms with Gasteiger partial charge in [-0.15, -0.1) is 0 Å². The topological polar surface area (TPSA) is 90.1 Å². The summed E-state index contributed by atoms with van der Waals surface area (Å²) in [6.07, 6.45) is 6.22. The third-order valence-electron chi connectivity index (χ3n) is 5.31. The number of hydrogen-bond acceptors (Lipinski definition) is 7. The highest BCUT2D eigenvalue weighted by atomic mass is 19.2. The van der Waals surface area contributed by atoms with Gasteiger partial charge in [0.05, 0.1) is 18.3 Å². The summed E-state index contributed by atoms with van der Waals surface area (Å²) in [5, 5.41) is 0. The number of nitrogens with two attached hydrogens (primary N) is 1. The van der Waals surface area contributed by atoms with Crippen LogP contribution in [-0.2, 0) is 6.42 Å². The Hall–Kier alpha value is -3.20. The van der Waals surface area contributed by atoms with Crippen molar-refractivity contribution in [3.63, 3.8) is 0 Å². The second kappa shape index (κ2) is 8.89. The van der Waals surface area contributed by atoms with Gasteiger partial charge in [-0.2, -0.15) is 4.39 Å². The van der Waals surface area contributed by atoms with Gasteiger partial charge in [-0.3, -0.25) is 0 Å². The van der Waals surface area contributed by atoms with E-state index in [1.165, 1.54) is 12.1 Å². The van der Waals surface area contributed by atoms with E-state index in [1.807, 2.05) is 18.7 Å². The van der Waals surface area contributed by atoms with E-state index in [9.17, 15) is 8.78 Å². The number of benzene rings is 1. The normalized spacial score (nSPS) is 16.7. The molecule has 9 heteroatoms. The van der Waals surface area contributed by atoms with Crippen molar-refractivity contribution in [2.75, 3.05) is 18.1 Å². The molecule has 1 aromatic carbocycles. The van der Waals surface area contributed by atoms with Crippen LogP contribution in [0.3, 0.4) is 0 Å². The second-order valence-corrected chi connectivity index (χ2v) is 7.64. The third kappa shape index (κ3) is 4.46. The first-order valence-corrected chi connectivity index (χ1v) is 10.2. The molecule has 0 amide bonds. The molecule has 31 heavy (non-hydrogen) atoms. The number of hydrogen-bond donors (Lipinski definition) is 1. The molecule has 1 aliphatic rings. The van der Waals surface area contributed by atoms with Crippen LogP contribution in [0.15, 0.2) is 36.8 Å². The quantitative estimate of drug-likeness (QED) is 0.646. The van der Waals surface area contributed by atoms with Crippen molar-refractivity contribution < 1.29 is 13.5 Å². The lowest BCUT2D eigenvalue weighted by molar-refractivity contribution is 0.282. The van der Waals surface area contributed by atoms with E-state index < -0.39 is 11.6 Å². The van der Waals surface area contributed by atoms with Crippen molar-refractivity contribution in [1.82, 2.24) is 19.9 Å². The lowest BCUT2D eigenvalue weighted by Crippen LogP contribution is -2.35. The molecule has 0 saturated heterocycles. The van der Waals surface area contributed by atoms with E-state index in [0.29, 0.717) is 36.7 Å². The van der Waals surface area contributed by atoms with E-state index in [2.05, 4.69) is 19.9 Å². The Morgan fingerprint density at radius 3 is 2.71 bits per heavy atom. The minimum Gasteiger partial charge on any atom is -0.490 e. The summed E-state index contributed by atoms with van der Waals surface area (Å²) in [5.74, 6) is -1.11. The van der Waals surface area contributed by atoms with Crippen molar-refractivity contribution in [3.05, 3.63) is 59.7 Å². The molecular formula is C22H24F2N6O. The zero-order chi connectivity index (χ0) is 22.0. The summed E-state index contributed by atoms with van der Waals surface area (Å²) >= 11 is 0. The fraction of sp³-hybridized carbons (Fsp3) is 0.364. The minimum absolute atomic E-state index is 0.0825. The van der Waals surface area contributed by atoms with Gasteiger partial charge in [0.25, 0.3) is 0 Å². The number of nitrogens with zero attached hydrogens (tertiary/aromatic N) is 5. The molecule has 7 nitrogen and oxygen atoms in total. The Morgan fingerprint density at radius 1 is 1.19 bits per heavy atom. The molecule has 3 aromatic rings. The first-order chi connectivity index (χ1) is 14.9. The van der Waals surface area contributed by atoms with Crippen LogP contribution in [0.5, 0.6) is 5.75 Å². The zero-order valence-electron chi connectivity index (χ0n) is 17.4. The fourth-order valence-electron chi connectivity index (χ4n) is 3.61. The van der Waals surface area contributed by atoms with Crippen molar-refractivity contribution in [2.24, 2.45) is 5.73 Å². The van der Waals surface area contributed by atoms with Gasteiger partial charge in [-0.1, -0.05) is 0 Å². The smallest absolute Gasteiger partial charge is 0.200 e. The molecule has 162 valence electrons. The highest BCUT2D eigenvalue weighted by molar-refractivity contribution is 5.55. The van der Waals surface area contributed by atoms with Gasteiger partial charge in [0, 0.05) is 61.0 Å². The average molecular weight is 426 g/mol. The molecule has 0 saturated carbocycles. The molecular weight excluding hydrogens is 402 g/mol. The number of halogens is 2. The first-order valence-electron chi connectivity index (χ1n) is 10.2. The van der Waals surface area contributed by atoms with Gasteiger partial charge in [-0.05, 0) is 26.3 Å². The second-order valence-electron chi connectivity index (χ2n) is 7.64. The van der Waals surface area contributed by atoms with Gasteiger partial charge in [-0.25, -0.2) is 24.3 Å².